The number of alkyl halides is 1. The topological polar surface area (TPSA) is 26.3 Å². The minimum Gasteiger partial charge on any atom is -0.299 e. The highest BCUT2D eigenvalue weighted by molar-refractivity contribution is 9.10. The average Bonchev–Trinajstić information content (AvgIpc) is 2.64. The Morgan fingerprint density at radius 3 is 2.00 bits per heavy atom. The highest BCUT2D eigenvalue weighted by Gasteiger charge is 2.54. The standard InChI is InChI=1S/C17H24BrO2P/c1-15(2,3)14-12-17(18,16(4,5)6)20-21(14,19)13-10-8-7-9-11-13/h7-12H,1-6H3/t17-,21+/m0/s1. The molecule has 4 heteroatoms. The van der Waals surface area contributed by atoms with Crippen LogP contribution in [0.15, 0.2) is 41.7 Å². The Kier molecular flexibility index (Phi) is 4.11. The van der Waals surface area contributed by atoms with Crippen LogP contribution < -0.4 is 5.30 Å². The van der Waals surface area contributed by atoms with Gasteiger partial charge < -0.3 is 0 Å². The number of halogens is 1. The lowest BCUT2D eigenvalue weighted by Crippen LogP contribution is -2.35. The predicted molar refractivity (Wildman–Crippen MR) is 93.4 cm³/mol. The van der Waals surface area contributed by atoms with Gasteiger partial charge in [0.1, 0.15) is 0 Å². The zero-order chi connectivity index (χ0) is 16.1. The largest absolute Gasteiger partial charge is 0.299 e. The van der Waals surface area contributed by atoms with Crippen LogP contribution in [0.3, 0.4) is 0 Å². The summed E-state index contributed by atoms with van der Waals surface area (Å²) in [5.74, 6) is 0. The molecule has 1 aliphatic rings. The smallest absolute Gasteiger partial charge is 0.259 e. The molecule has 1 aromatic rings. The summed E-state index contributed by atoms with van der Waals surface area (Å²) in [4.78, 5) is 0. The molecule has 2 rings (SSSR count). The van der Waals surface area contributed by atoms with Crippen molar-refractivity contribution in [2.75, 3.05) is 0 Å². The molecule has 0 N–H and O–H groups in total. The first-order valence-electron chi connectivity index (χ1n) is 7.19. The summed E-state index contributed by atoms with van der Waals surface area (Å²) < 4.78 is 19.2. The molecule has 2 nitrogen and oxygen atoms in total. The van der Waals surface area contributed by atoms with Crippen LogP contribution in [-0.2, 0) is 9.09 Å². The lowest BCUT2D eigenvalue weighted by atomic mass is 9.86. The van der Waals surface area contributed by atoms with Gasteiger partial charge in [0, 0.05) is 16.0 Å². The SMILES string of the molecule is CC(C)(C)C1=C[C@@](Br)(C(C)(C)C)O[P@]1(=O)c1ccccc1. The van der Waals surface area contributed by atoms with Crippen LogP contribution in [0.5, 0.6) is 0 Å². The van der Waals surface area contributed by atoms with Crippen LogP contribution >= 0.6 is 23.3 Å². The summed E-state index contributed by atoms with van der Waals surface area (Å²) in [6.45, 7) is 12.5. The molecule has 21 heavy (non-hydrogen) atoms. The number of allylic oxidation sites excluding steroid dienone is 1. The first-order valence-corrected chi connectivity index (χ1v) is 9.61. The molecule has 0 bridgehead atoms. The van der Waals surface area contributed by atoms with Crippen molar-refractivity contribution < 1.29 is 9.09 Å². The third kappa shape index (κ3) is 2.93. The molecule has 1 aliphatic heterocycles. The van der Waals surface area contributed by atoms with Crippen molar-refractivity contribution in [3.05, 3.63) is 41.7 Å². The molecule has 0 spiro atoms. The molecule has 0 amide bonds. The van der Waals surface area contributed by atoms with Crippen molar-refractivity contribution in [3.63, 3.8) is 0 Å². The maximum Gasteiger partial charge on any atom is 0.259 e. The van der Waals surface area contributed by atoms with Crippen molar-refractivity contribution in [3.8, 4) is 0 Å². The fraction of sp³-hybridized carbons (Fsp3) is 0.529. The van der Waals surface area contributed by atoms with Crippen molar-refractivity contribution >= 4 is 28.6 Å². The van der Waals surface area contributed by atoms with Gasteiger partial charge in [-0.15, -0.1) is 0 Å². The van der Waals surface area contributed by atoms with Gasteiger partial charge in [0.25, 0.3) is 7.37 Å². The second-order valence-corrected chi connectivity index (χ2v) is 11.1. The first kappa shape index (κ1) is 17.0. The molecule has 0 saturated carbocycles. The minimum absolute atomic E-state index is 0.204. The summed E-state index contributed by atoms with van der Waals surface area (Å²) in [5.41, 5.74) is -0.420. The Labute approximate surface area is 136 Å². The maximum absolute atomic E-state index is 13.7. The van der Waals surface area contributed by atoms with Gasteiger partial charge >= 0.3 is 0 Å². The van der Waals surface area contributed by atoms with Gasteiger partial charge in [-0.3, -0.25) is 9.09 Å². The molecule has 0 fully saturated rings. The molecule has 116 valence electrons. The average molecular weight is 371 g/mol. The van der Waals surface area contributed by atoms with E-state index >= 15 is 0 Å². The highest BCUT2D eigenvalue weighted by Crippen LogP contribution is 2.70. The van der Waals surface area contributed by atoms with Crippen LogP contribution in [0.2, 0.25) is 0 Å². The van der Waals surface area contributed by atoms with Gasteiger partial charge in [0.05, 0.1) is 0 Å². The van der Waals surface area contributed by atoms with Gasteiger partial charge in [-0.05, 0) is 39.6 Å². The van der Waals surface area contributed by atoms with E-state index in [1.165, 1.54) is 0 Å². The summed E-state index contributed by atoms with van der Waals surface area (Å²) >= 11 is 3.70. The molecular weight excluding hydrogens is 347 g/mol. The lowest BCUT2D eigenvalue weighted by molar-refractivity contribution is 0.117. The normalized spacial score (nSPS) is 30.3. The Balaban J connectivity index is 2.64. The zero-order valence-corrected chi connectivity index (χ0v) is 16.1. The van der Waals surface area contributed by atoms with Crippen molar-refractivity contribution in [2.24, 2.45) is 10.8 Å². The van der Waals surface area contributed by atoms with Gasteiger partial charge in [-0.1, -0.05) is 59.7 Å². The van der Waals surface area contributed by atoms with Gasteiger partial charge in [0.2, 0.25) is 0 Å². The van der Waals surface area contributed by atoms with Gasteiger partial charge in [-0.2, -0.15) is 0 Å². The molecule has 0 unspecified atom stereocenters. The summed E-state index contributed by atoms with van der Waals surface area (Å²) in [5, 5.41) is 1.64. The Hall–Kier alpha value is -0.370. The number of benzene rings is 1. The van der Waals surface area contributed by atoms with Crippen molar-refractivity contribution in [1.82, 2.24) is 0 Å². The van der Waals surface area contributed by atoms with E-state index in [0.29, 0.717) is 0 Å². The van der Waals surface area contributed by atoms with Crippen molar-refractivity contribution in [2.45, 2.75) is 46.1 Å². The van der Waals surface area contributed by atoms with Crippen molar-refractivity contribution in [1.29, 1.82) is 0 Å². The predicted octanol–water partition coefficient (Wildman–Crippen LogP) is 5.69. The van der Waals surface area contributed by atoms with Gasteiger partial charge in [0.15, 0.2) is 4.51 Å². The summed E-state index contributed by atoms with van der Waals surface area (Å²) in [6, 6.07) is 9.52. The van der Waals surface area contributed by atoms with Crippen LogP contribution in [0.4, 0.5) is 0 Å². The quantitative estimate of drug-likeness (QED) is 0.468. The molecule has 1 heterocycles. The molecule has 0 radical (unpaired) electrons. The van der Waals surface area contributed by atoms with Crippen LogP contribution in [0, 0.1) is 10.8 Å². The fourth-order valence-corrected chi connectivity index (χ4v) is 6.35. The summed E-state index contributed by atoms with van der Waals surface area (Å²) in [6.07, 6.45) is 2.03. The van der Waals surface area contributed by atoms with E-state index in [2.05, 4.69) is 57.5 Å². The van der Waals surface area contributed by atoms with Crippen LogP contribution in [0.1, 0.15) is 41.5 Å². The van der Waals surface area contributed by atoms with E-state index in [4.69, 9.17) is 4.52 Å². The highest BCUT2D eigenvalue weighted by atomic mass is 79.9. The number of hydrogen-bond acceptors (Lipinski definition) is 2. The zero-order valence-electron chi connectivity index (χ0n) is 13.6. The molecule has 0 saturated heterocycles. The first-order chi connectivity index (χ1) is 9.40. The molecule has 0 aromatic heterocycles. The van der Waals surface area contributed by atoms with Crippen LogP contribution in [-0.4, -0.2) is 4.51 Å². The van der Waals surface area contributed by atoms with E-state index in [-0.39, 0.29) is 10.8 Å². The van der Waals surface area contributed by atoms with E-state index in [1.807, 2.05) is 36.4 Å². The Morgan fingerprint density at radius 2 is 1.57 bits per heavy atom. The second kappa shape index (κ2) is 5.08. The Morgan fingerprint density at radius 1 is 1.05 bits per heavy atom. The Bertz CT molecular complexity index is 608. The molecule has 0 aliphatic carbocycles. The minimum atomic E-state index is -3.06. The summed E-state index contributed by atoms with van der Waals surface area (Å²) in [7, 11) is -3.06. The van der Waals surface area contributed by atoms with E-state index in [0.717, 1.165) is 10.6 Å². The fourth-order valence-electron chi connectivity index (χ4n) is 2.35. The third-order valence-electron chi connectivity index (χ3n) is 3.79. The third-order valence-corrected chi connectivity index (χ3v) is 8.58. The second-order valence-electron chi connectivity index (χ2n) is 7.65. The van der Waals surface area contributed by atoms with Gasteiger partial charge in [-0.25, -0.2) is 0 Å². The number of hydrogen-bond donors (Lipinski definition) is 0. The molecule has 1 aromatic carbocycles. The molecule has 2 atom stereocenters. The van der Waals surface area contributed by atoms with E-state index < -0.39 is 11.9 Å². The number of rotatable bonds is 1. The van der Waals surface area contributed by atoms with Crippen LogP contribution in [0.25, 0.3) is 0 Å². The van der Waals surface area contributed by atoms with E-state index in [9.17, 15) is 4.57 Å². The lowest BCUT2D eigenvalue weighted by Gasteiger charge is -2.35. The monoisotopic (exact) mass is 370 g/mol. The maximum atomic E-state index is 13.7. The van der Waals surface area contributed by atoms with E-state index in [1.54, 1.807) is 0 Å². The molecular formula is C17H24BrO2P.